The standard InChI is InChI=1S/C18H16ClN3.ClH/c1-11-2-4-12(5-3-11)17-16(18-20-8-9-21-18)14-10-13(19)6-7-15(14)22-17;/h2-7,10,22H,8-9H2,1H3,(H,20,21);1H. The van der Waals surface area contributed by atoms with Crippen molar-refractivity contribution in [2.45, 2.75) is 6.92 Å². The first kappa shape index (κ1) is 15.9. The van der Waals surface area contributed by atoms with Crippen LogP contribution in [0.3, 0.4) is 0 Å². The summed E-state index contributed by atoms with van der Waals surface area (Å²) in [7, 11) is 0. The van der Waals surface area contributed by atoms with Crippen molar-refractivity contribution in [2.24, 2.45) is 4.99 Å². The molecule has 0 bridgehead atoms. The van der Waals surface area contributed by atoms with Gasteiger partial charge in [-0.3, -0.25) is 4.99 Å². The summed E-state index contributed by atoms with van der Waals surface area (Å²) in [6, 6.07) is 14.5. The molecule has 0 saturated heterocycles. The molecule has 0 atom stereocenters. The van der Waals surface area contributed by atoms with E-state index in [0.717, 1.165) is 51.7 Å². The van der Waals surface area contributed by atoms with Gasteiger partial charge in [0, 0.05) is 28.0 Å². The van der Waals surface area contributed by atoms with Crippen LogP contribution in [0.4, 0.5) is 0 Å². The van der Waals surface area contributed by atoms with Crippen LogP contribution in [0.1, 0.15) is 11.1 Å². The van der Waals surface area contributed by atoms with Gasteiger partial charge < -0.3 is 10.3 Å². The number of hydrogen-bond donors (Lipinski definition) is 2. The van der Waals surface area contributed by atoms with Crippen LogP contribution in [0.2, 0.25) is 5.02 Å². The summed E-state index contributed by atoms with van der Waals surface area (Å²) in [5, 5.41) is 5.22. The molecular formula is C18H17Cl2N3. The Balaban J connectivity index is 0.00000156. The fourth-order valence-corrected chi connectivity index (χ4v) is 3.08. The third-order valence-corrected chi connectivity index (χ3v) is 4.25. The number of aromatic amines is 1. The molecular weight excluding hydrogens is 329 g/mol. The zero-order valence-electron chi connectivity index (χ0n) is 12.7. The number of aromatic nitrogens is 1. The lowest BCUT2D eigenvalue weighted by atomic mass is 10.0. The van der Waals surface area contributed by atoms with E-state index in [4.69, 9.17) is 11.6 Å². The first-order valence-electron chi connectivity index (χ1n) is 7.39. The van der Waals surface area contributed by atoms with Crippen LogP contribution < -0.4 is 5.32 Å². The third-order valence-electron chi connectivity index (χ3n) is 4.01. The molecule has 0 unspecified atom stereocenters. The summed E-state index contributed by atoms with van der Waals surface area (Å²) in [6.45, 7) is 3.80. The molecule has 118 valence electrons. The van der Waals surface area contributed by atoms with Crippen LogP contribution in [0.15, 0.2) is 47.5 Å². The molecule has 4 rings (SSSR count). The Morgan fingerprint density at radius 1 is 1.09 bits per heavy atom. The van der Waals surface area contributed by atoms with Gasteiger partial charge in [0.25, 0.3) is 0 Å². The molecule has 3 nitrogen and oxygen atoms in total. The molecule has 5 heteroatoms. The minimum atomic E-state index is 0. The van der Waals surface area contributed by atoms with E-state index in [0.29, 0.717) is 0 Å². The largest absolute Gasteiger partial charge is 0.368 e. The summed E-state index contributed by atoms with van der Waals surface area (Å²) in [5.74, 6) is 0.948. The Morgan fingerprint density at radius 2 is 1.87 bits per heavy atom. The molecule has 3 aromatic rings. The molecule has 0 aliphatic carbocycles. The van der Waals surface area contributed by atoms with Crippen molar-refractivity contribution in [2.75, 3.05) is 13.1 Å². The number of aliphatic imine (C=N–C) groups is 1. The summed E-state index contributed by atoms with van der Waals surface area (Å²) in [4.78, 5) is 8.13. The Bertz CT molecular complexity index is 879. The van der Waals surface area contributed by atoms with Gasteiger partial charge in [0.15, 0.2) is 0 Å². The van der Waals surface area contributed by atoms with Crippen molar-refractivity contribution in [1.29, 1.82) is 0 Å². The van der Waals surface area contributed by atoms with Gasteiger partial charge in [-0.25, -0.2) is 0 Å². The molecule has 0 radical (unpaired) electrons. The molecule has 0 spiro atoms. The predicted molar refractivity (Wildman–Crippen MR) is 100 cm³/mol. The van der Waals surface area contributed by atoms with Crippen molar-refractivity contribution >= 4 is 40.7 Å². The summed E-state index contributed by atoms with van der Waals surface area (Å²) < 4.78 is 0. The third kappa shape index (κ3) is 2.82. The average molecular weight is 346 g/mol. The smallest absolute Gasteiger partial charge is 0.131 e. The van der Waals surface area contributed by atoms with Gasteiger partial charge in [0.05, 0.1) is 12.2 Å². The molecule has 0 fully saturated rings. The second kappa shape index (κ2) is 6.26. The molecule has 2 N–H and O–H groups in total. The van der Waals surface area contributed by atoms with Crippen LogP contribution in [-0.4, -0.2) is 23.9 Å². The Labute approximate surface area is 146 Å². The van der Waals surface area contributed by atoms with Crippen LogP contribution in [0, 0.1) is 6.92 Å². The number of fused-ring (bicyclic) bond motifs is 1. The second-order valence-corrected chi connectivity index (χ2v) is 6.02. The van der Waals surface area contributed by atoms with Gasteiger partial charge in [0.2, 0.25) is 0 Å². The molecule has 23 heavy (non-hydrogen) atoms. The average Bonchev–Trinajstić information content (AvgIpc) is 3.14. The Hall–Kier alpha value is -1.97. The highest BCUT2D eigenvalue weighted by Gasteiger charge is 2.20. The van der Waals surface area contributed by atoms with E-state index < -0.39 is 0 Å². The van der Waals surface area contributed by atoms with Gasteiger partial charge in [-0.1, -0.05) is 41.4 Å². The maximum absolute atomic E-state index is 6.20. The fourth-order valence-electron chi connectivity index (χ4n) is 2.91. The molecule has 1 aromatic heterocycles. The minimum absolute atomic E-state index is 0. The molecule has 0 amide bonds. The van der Waals surface area contributed by atoms with Crippen molar-refractivity contribution in [3.8, 4) is 11.3 Å². The van der Waals surface area contributed by atoms with Gasteiger partial charge >= 0.3 is 0 Å². The quantitative estimate of drug-likeness (QED) is 0.701. The normalized spacial score (nSPS) is 13.6. The van der Waals surface area contributed by atoms with E-state index in [9.17, 15) is 0 Å². The topological polar surface area (TPSA) is 40.2 Å². The lowest BCUT2D eigenvalue weighted by molar-refractivity contribution is 0.960. The van der Waals surface area contributed by atoms with Crippen LogP contribution in [-0.2, 0) is 0 Å². The van der Waals surface area contributed by atoms with E-state index in [-0.39, 0.29) is 12.4 Å². The van der Waals surface area contributed by atoms with Crippen molar-refractivity contribution < 1.29 is 0 Å². The SMILES string of the molecule is Cc1ccc(-c2[nH]c3ccc(Cl)cc3c2C2=NCCN2)cc1.Cl. The predicted octanol–water partition coefficient (Wildman–Crippen LogP) is 4.57. The number of hydrogen-bond acceptors (Lipinski definition) is 2. The zero-order valence-corrected chi connectivity index (χ0v) is 14.3. The lowest BCUT2D eigenvalue weighted by Gasteiger charge is -2.06. The van der Waals surface area contributed by atoms with Gasteiger partial charge in [-0.15, -0.1) is 12.4 Å². The maximum atomic E-state index is 6.20. The van der Waals surface area contributed by atoms with Crippen LogP contribution >= 0.6 is 24.0 Å². The van der Waals surface area contributed by atoms with E-state index in [1.165, 1.54) is 5.56 Å². The number of aryl methyl sites for hydroxylation is 1. The van der Waals surface area contributed by atoms with E-state index in [1.807, 2.05) is 18.2 Å². The van der Waals surface area contributed by atoms with Crippen molar-refractivity contribution in [1.82, 2.24) is 10.3 Å². The number of rotatable bonds is 2. The van der Waals surface area contributed by atoms with E-state index in [2.05, 4.69) is 46.5 Å². The highest BCUT2D eigenvalue weighted by molar-refractivity contribution is 6.31. The number of amidine groups is 1. The van der Waals surface area contributed by atoms with Crippen molar-refractivity contribution in [3.05, 3.63) is 58.6 Å². The molecule has 1 aliphatic rings. The molecule has 2 heterocycles. The Morgan fingerprint density at radius 3 is 2.57 bits per heavy atom. The van der Waals surface area contributed by atoms with Gasteiger partial charge in [-0.05, 0) is 30.7 Å². The van der Waals surface area contributed by atoms with Gasteiger partial charge in [0.1, 0.15) is 5.84 Å². The highest BCUT2D eigenvalue weighted by atomic mass is 35.5. The monoisotopic (exact) mass is 345 g/mol. The van der Waals surface area contributed by atoms with Crippen LogP contribution in [0.25, 0.3) is 22.2 Å². The van der Waals surface area contributed by atoms with E-state index >= 15 is 0 Å². The first-order valence-corrected chi connectivity index (χ1v) is 7.77. The molecule has 0 saturated carbocycles. The number of H-pyrrole nitrogens is 1. The number of benzene rings is 2. The van der Waals surface area contributed by atoms with Crippen LogP contribution in [0.5, 0.6) is 0 Å². The number of halogens is 2. The van der Waals surface area contributed by atoms with E-state index in [1.54, 1.807) is 0 Å². The van der Waals surface area contributed by atoms with Gasteiger partial charge in [-0.2, -0.15) is 0 Å². The number of nitrogens with one attached hydrogen (secondary N) is 2. The molecule has 1 aliphatic heterocycles. The lowest BCUT2D eigenvalue weighted by Crippen LogP contribution is -2.19. The summed E-state index contributed by atoms with van der Waals surface area (Å²) in [5.41, 5.74) is 5.68. The second-order valence-electron chi connectivity index (χ2n) is 5.59. The minimum Gasteiger partial charge on any atom is -0.368 e. The highest BCUT2D eigenvalue weighted by Crippen LogP contribution is 2.32. The Kier molecular flexibility index (Phi) is 4.33. The maximum Gasteiger partial charge on any atom is 0.131 e. The molecule has 2 aromatic carbocycles. The summed E-state index contributed by atoms with van der Waals surface area (Å²) in [6.07, 6.45) is 0. The fraction of sp³-hybridized carbons (Fsp3) is 0.167. The summed E-state index contributed by atoms with van der Waals surface area (Å²) >= 11 is 6.20. The van der Waals surface area contributed by atoms with Crippen molar-refractivity contribution in [3.63, 3.8) is 0 Å². The zero-order chi connectivity index (χ0) is 15.1. The first-order chi connectivity index (χ1) is 10.7. The number of nitrogens with zero attached hydrogens (tertiary/aromatic N) is 1.